The summed E-state index contributed by atoms with van der Waals surface area (Å²) in [6.07, 6.45) is 8.69. The van der Waals surface area contributed by atoms with Crippen molar-refractivity contribution in [1.82, 2.24) is 9.80 Å². The first-order valence-electron chi connectivity index (χ1n) is 15.0. The normalized spacial score (nSPS) is 24.9. The molecule has 1 N–H and O–H groups in total. The van der Waals surface area contributed by atoms with Crippen LogP contribution in [0.4, 0.5) is 8.78 Å². The minimum absolute atomic E-state index is 0.149. The molecule has 4 atom stereocenters. The molecule has 0 amide bonds. The van der Waals surface area contributed by atoms with Crippen molar-refractivity contribution in [3.8, 4) is 0 Å². The van der Waals surface area contributed by atoms with Gasteiger partial charge in [-0.05, 0) is 104 Å². The highest BCUT2D eigenvalue weighted by molar-refractivity contribution is 5.73. The summed E-state index contributed by atoms with van der Waals surface area (Å²) in [5, 5.41) is 10.1. The molecule has 212 valence electrons. The molecule has 1 aliphatic carbocycles. The first-order chi connectivity index (χ1) is 18.9. The number of nitrogens with zero attached hydrogens (tertiary/aromatic N) is 2. The van der Waals surface area contributed by atoms with Crippen LogP contribution in [0.5, 0.6) is 0 Å². The summed E-state index contributed by atoms with van der Waals surface area (Å²) in [6.45, 7) is 6.86. The summed E-state index contributed by atoms with van der Waals surface area (Å²) in [5.41, 5.74) is 2.20. The van der Waals surface area contributed by atoms with Crippen LogP contribution in [0.3, 0.4) is 0 Å². The third-order valence-electron chi connectivity index (χ3n) is 9.98. The second kappa shape index (κ2) is 12.9. The van der Waals surface area contributed by atoms with Crippen LogP contribution in [0.1, 0.15) is 68.9 Å². The second-order valence-electron chi connectivity index (χ2n) is 12.5. The Hall–Kier alpha value is -2.31. The van der Waals surface area contributed by atoms with Crippen molar-refractivity contribution in [3.63, 3.8) is 0 Å². The number of carboxylic acid groups (broad SMARTS) is 1. The summed E-state index contributed by atoms with van der Waals surface area (Å²) in [6, 6.07) is 13.4. The van der Waals surface area contributed by atoms with Gasteiger partial charge in [-0.1, -0.05) is 50.5 Å². The Morgan fingerprint density at radius 1 is 1.00 bits per heavy atom. The molecule has 0 aromatic heterocycles. The van der Waals surface area contributed by atoms with Crippen molar-refractivity contribution in [1.29, 1.82) is 0 Å². The minimum atomic E-state index is -0.712. The van der Waals surface area contributed by atoms with Gasteiger partial charge < -0.3 is 10.0 Å². The monoisotopic (exact) mass is 538 g/mol. The molecule has 4 nitrogen and oxygen atoms in total. The zero-order chi connectivity index (χ0) is 27.4. The summed E-state index contributed by atoms with van der Waals surface area (Å²) in [4.78, 5) is 17.0. The number of carbonyl (C=O) groups is 1. The molecule has 2 unspecified atom stereocenters. The van der Waals surface area contributed by atoms with Crippen LogP contribution in [0.2, 0.25) is 0 Å². The standard InChI is InChI=1S/C33H44F2N2O2/c1-23(8-9-24-10-12-29(34)13-11-24)26-14-16-36(17-15-26)20-28-21-37(32(33(38)39)18-25-4-2-5-25)22-31(28)27-6-3-7-30(35)19-27/h3,6-7,10-13,19,23,25-26,28,31-32H,2,4-5,8-9,14-18,20-22H2,1H3,(H,38,39)/t23-,28?,31?,32-/m1/s1. The fraction of sp³-hybridized carbons (Fsp3) is 0.606. The number of halogens is 2. The number of benzene rings is 2. The lowest BCUT2D eigenvalue weighted by Crippen LogP contribution is -2.43. The summed E-state index contributed by atoms with van der Waals surface area (Å²) in [7, 11) is 0. The van der Waals surface area contributed by atoms with Crippen molar-refractivity contribution >= 4 is 5.97 Å². The zero-order valence-electron chi connectivity index (χ0n) is 23.3. The smallest absolute Gasteiger partial charge is 0.320 e. The van der Waals surface area contributed by atoms with Crippen LogP contribution >= 0.6 is 0 Å². The highest BCUT2D eigenvalue weighted by atomic mass is 19.1. The maximum absolute atomic E-state index is 14.2. The maximum Gasteiger partial charge on any atom is 0.320 e. The third kappa shape index (κ3) is 7.26. The van der Waals surface area contributed by atoms with Crippen LogP contribution in [-0.2, 0) is 11.2 Å². The molecule has 2 aliphatic heterocycles. The molecular formula is C33H44F2N2O2. The Bertz CT molecular complexity index is 1080. The summed E-state index contributed by atoms with van der Waals surface area (Å²) >= 11 is 0. The van der Waals surface area contributed by atoms with Gasteiger partial charge >= 0.3 is 5.97 Å². The van der Waals surface area contributed by atoms with Crippen LogP contribution in [0.25, 0.3) is 0 Å². The Morgan fingerprint density at radius 2 is 1.74 bits per heavy atom. The number of hydrogen-bond acceptors (Lipinski definition) is 3. The van der Waals surface area contributed by atoms with Gasteiger partial charge in [0, 0.05) is 25.6 Å². The van der Waals surface area contributed by atoms with E-state index in [2.05, 4.69) is 16.7 Å². The van der Waals surface area contributed by atoms with E-state index in [0.29, 0.717) is 30.2 Å². The Balaban J connectivity index is 1.18. The van der Waals surface area contributed by atoms with Gasteiger partial charge in [0.1, 0.15) is 17.7 Å². The van der Waals surface area contributed by atoms with Crippen molar-refractivity contribution in [2.75, 3.05) is 32.7 Å². The van der Waals surface area contributed by atoms with Gasteiger partial charge in [-0.15, -0.1) is 0 Å². The van der Waals surface area contributed by atoms with E-state index >= 15 is 0 Å². The van der Waals surface area contributed by atoms with E-state index in [1.807, 2.05) is 18.2 Å². The molecular weight excluding hydrogens is 494 g/mol. The van der Waals surface area contributed by atoms with Gasteiger partial charge in [0.25, 0.3) is 0 Å². The molecule has 3 fully saturated rings. The topological polar surface area (TPSA) is 43.8 Å². The van der Waals surface area contributed by atoms with E-state index in [0.717, 1.165) is 63.8 Å². The van der Waals surface area contributed by atoms with E-state index in [1.54, 1.807) is 24.3 Å². The van der Waals surface area contributed by atoms with Crippen molar-refractivity contribution < 1.29 is 18.7 Å². The van der Waals surface area contributed by atoms with Gasteiger partial charge in [0.05, 0.1) is 0 Å². The number of hydrogen-bond donors (Lipinski definition) is 1. The lowest BCUT2D eigenvalue weighted by atomic mass is 9.80. The molecule has 2 aromatic rings. The average Bonchev–Trinajstić information content (AvgIpc) is 3.31. The predicted molar refractivity (Wildman–Crippen MR) is 151 cm³/mol. The van der Waals surface area contributed by atoms with E-state index in [1.165, 1.54) is 30.9 Å². The predicted octanol–water partition coefficient (Wildman–Crippen LogP) is 6.60. The number of rotatable bonds is 11. The molecule has 2 heterocycles. The number of aliphatic carboxylic acids is 1. The number of carboxylic acids is 1. The number of piperidine rings is 1. The molecule has 6 heteroatoms. The van der Waals surface area contributed by atoms with Crippen molar-refractivity contribution in [2.45, 2.75) is 70.3 Å². The molecule has 0 bridgehead atoms. The fourth-order valence-corrected chi connectivity index (χ4v) is 7.23. The lowest BCUT2D eigenvalue weighted by Gasteiger charge is -2.37. The van der Waals surface area contributed by atoms with Crippen LogP contribution in [-0.4, -0.2) is 59.6 Å². The Morgan fingerprint density at radius 3 is 2.38 bits per heavy atom. The number of aryl methyl sites for hydroxylation is 1. The number of likely N-dealkylation sites (tertiary alicyclic amines) is 2. The van der Waals surface area contributed by atoms with Gasteiger partial charge in [0.15, 0.2) is 0 Å². The third-order valence-corrected chi connectivity index (χ3v) is 9.98. The van der Waals surface area contributed by atoms with Gasteiger partial charge in [0.2, 0.25) is 0 Å². The molecule has 2 aromatic carbocycles. The summed E-state index contributed by atoms with van der Waals surface area (Å²) in [5.74, 6) is 1.18. The zero-order valence-corrected chi connectivity index (χ0v) is 23.3. The molecule has 2 saturated heterocycles. The average molecular weight is 539 g/mol. The van der Waals surface area contributed by atoms with Gasteiger partial charge in [-0.2, -0.15) is 0 Å². The minimum Gasteiger partial charge on any atom is -0.480 e. The van der Waals surface area contributed by atoms with Crippen molar-refractivity contribution in [3.05, 3.63) is 71.3 Å². The van der Waals surface area contributed by atoms with Crippen LogP contribution in [0.15, 0.2) is 48.5 Å². The fourth-order valence-electron chi connectivity index (χ4n) is 7.23. The van der Waals surface area contributed by atoms with E-state index in [-0.39, 0.29) is 17.6 Å². The first kappa shape index (κ1) is 28.2. The van der Waals surface area contributed by atoms with Crippen LogP contribution < -0.4 is 0 Å². The molecule has 5 rings (SSSR count). The molecule has 0 spiro atoms. The maximum atomic E-state index is 14.2. The van der Waals surface area contributed by atoms with Crippen LogP contribution in [0, 0.1) is 35.3 Å². The van der Waals surface area contributed by atoms with E-state index in [4.69, 9.17) is 0 Å². The molecule has 39 heavy (non-hydrogen) atoms. The Kier molecular flexibility index (Phi) is 9.34. The molecule has 0 radical (unpaired) electrons. The highest BCUT2D eigenvalue weighted by Gasteiger charge is 2.41. The largest absolute Gasteiger partial charge is 0.480 e. The highest BCUT2D eigenvalue weighted by Crippen LogP contribution is 2.39. The van der Waals surface area contributed by atoms with E-state index in [9.17, 15) is 18.7 Å². The Labute approximate surface area is 232 Å². The molecule has 1 saturated carbocycles. The van der Waals surface area contributed by atoms with Crippen molar-refractivity contribution in [2.24, 2.45) is 23.7 Å². The molecule has 3 aliphatic rings. The first-order valence-corrected chi connectivity index (χ1v) is 15.0. The lowest BCUT2D eigenvalue weighted by molar-refractivity contribution is -0.144. The SMILES string of the molecule is C[C@H](CCc1ccc(F)cc1)C1CCN(CC2CN([C@H](CC3CCC3)C(=O)O)CC2c2cccc(F)c2)CC1. The van der Waals surface area contributed by atoms with Gasteiger partial charge in [-0.25, -0.2) is 8.78 Å². The quantitative estimate of drug-likeness (QED) is 0.350. The summed E-state index contributed by atoms with van der Waals surface area (Å²) < 4.78 is 27.4. The second-order valence-corrected chi connectivity index (χ2v) is 12.5. The van der Waals surface area contributed by atoms with E-state index < -0.39 is 12.0 Å². The van der Waals surface area contributed by atoms with Gasteiger partial charge in [-0.3, -0.25) is 9.69 Å².